The van der Waals surface area contributed by atoms with Crippen LogP contribution >= 0.6 is 11.6 Å². The monoisotopic (exact) mass is 480 g/mol. The van der Waals surface area contributed by atoms with Gasteiger partial charge < -0.3 is 10.4 Å². The molecule has 4 rings (SSSR count). The number of halogens is 2. The molecule has 0 spiro atoms. The third kappa shape index (κ3) is 6.10. The molecule has 6 heteroatoms. The van der Waals surface area contributed by atoms with Gasteiger partial charge in [-0.05, 0) is 36.1 Å². The van der Waals surface area contributed by atoms with Crippen LogP contribution in [0.5, 0.6) is 0 Å². The number of ketones is 1. The molecule has 3 aromatic rings. The summed E-state index contributed by atoms with van der Waals surface area (Å²) in [5, 5.41) is 15.0. The van der Waals surface area contributed by atoms with Crippen molar-refractivity contribution in [2.24, 2.45) is 0 Å². The molecule has 0 aliphatic carbocycles. The van der Waals surface area contributed by atoms with E-state index in [-0.39, 0.29) is 12.2 Å². The number of hydrogen-bond donors (Lipinski definition) is 2. The number of aliphatic hydroxyl groups is 1. The zero-order valence-corrected chi connectivity index (χ0v) is 19.8. The minimum absolute atomic E-state index is 0.0416. The van der Waals surface area contributed by atoms with Gasteiger partial charge in [-0.15, -0.1) is 0 Å². The van der Waals surface area contributed by atoms with Crippen molar-refractivity contribution in [1.29, 1.82) is 0 Å². The molecule has 0 radical (unpaired) electrons. The standard InChI is InChI=1S/C28H30ClFN2O2/c29-24-13-11-23(12-14-24)28(34)15-17-32(18-16-28)26(30)19-25(27(33)22-9-5-2-6-10-22)31-20-21-7-3-1-4-8-21/h1-14,25-26,31,34H,15-20H2. The summed E-state index contributed by atoms with van der Waals surface area (Å²) in [6.07, 6.45) is -0.413. The third-order valence-corrected chi connectivity index (χ3v) is 6.86. The molecule has 1 fully saturated rings. The Hall–Kier alpha value is -2.57. The molecule has 0 saturated carbocycles. The Labute approximate surface area is 205 Å². The molecule has 0 bridgehead atoms. The van der Waals surface area contributed by atoms with E-state index in [1.807, 2.05) is 60.7 Å². The van der Waals surface area contributed by atoms with E-state index in [0.717, 1.165) is 11.1 Å². The highest BCUT2D eigenvalue weighted by atomic mass is 35.5. The van der Waals surface area contributed by atoms with Crippen LogP contribution in [-0.4, -0.2) is 41.2 Å². The number of hydrogen-bond acceptors (Lipinski definition) is 4. The minimum atomic E-state index is -1.30. The van der Waals surface area contributed by atoms with E-state index in [1.165, 1.54) is 0 Å². The predicted octanol–water partition coefficient (Wildman–Crippen LogP) is 5.35. The molecule has 3 aromatic carbocycles. The summed E-state index contributed by atoms with van der Waals surface area (Å²) in [5.41, 5.74) is 1.41. The van der Waals surface area contributed by atoms with Gasteiger partial charge in [-0.2, -0.15) is 0 Å². The van der Waals surface area contributed by atoms with Gasteiger partial charge >= 0.3 is 0 Å². The highest BCUT2D eigenvalue weighted by Crippen LogP contribution is 2.34. The predicted molar refractivity (Wildman–Crippen MR) is 134 cm³/mol. The Morgan fingerprint density at radius 1 is 0.971 bits per heavy atom. The molecule has 2 N–H and O–H groups in total. The molecule has 178 valence electrons. The van der Waals surface area contributed by atoms with Gasteiger partial charge in [0.25, 0.3) is 0 Å². The number of benzene rings is 3. The minimum Gasteiger partial charge on any atom is -0.385 e. The summed E-state index contributed by atoms with van der Waals surface area (Å²) in [7, 11) is 0. The Balaban J connectivity index is 1.41. The summed E-state index contributed by atoms with van der Waals surface area (Å²) >= 11 is 5.97. The first-order valence-electron chi connectivity index (χ1n) is 11.7. The Morgan fingerprint density at radius 3 is 2.18 bits per heavy atom. The van der Waals surface area contributed by atoms with Crippen molar-refractivity contribution in [3.05, 3.63) is 107 Å². The number of carbonyl (C=O) groups excluding carboxylic acids is 1. The van der Waals surface area contributed by atoms with E-state index in [1.54, 1.807) is 29.2 Å². The molecular formula is C28H30ClFN2O2. The number of alkyl halides is 1. The molecule has 1 saturated heterocycles. The summed E-state index contributed by atoms with van der Waals surface area (Å²) in [4.78, 5) is 14.9. The Kier molecular flexibility index (Phi) is 8.11. The molecule has 4 nitrogen and oxygen atoms in total. The van der Waals surface area contributed by atoms with Gasteiger partial charge in [0.1, 0.15) is 0 Å². The molecule has 1 aliphatic heterocycles. The fourth-order valence-electron chi connectivity index (χ4n) is 4.49. The van der Waals surface area contributed by atoms with Crippen molar-refractivity contribution in [3.8, 4) is 0 Å². The number of rotatable bonds is 9. The SMILES string of the molecule is O=C(c1ccccc1)C(CC(F)N1CCC(O)(c2ccc(Cl)cc2)CC1)NCc1ccccc1. The van der Waals surface area contributed by atoms with Crippen LogP contribution in [0.4, 0.5) is 4.39 Å². The second kappa shape index (κ2) is 11.2. The normalized spacial score (nSPS) is 17.7. The van der Waals surface area contributed by atoms with E-state index in [9.17, 15) is 9.90 Å². The second-order valence-electron chi connectivity index (χ2n) is 8.89. The molecule has 0 aromatic heterocycles. The molecule has 0 amide bonds. The first-order valence-corrected chi connectivity index (χ1v) is 12.1. The third-order valence-electron chi connectivity index (χ3n) is 6.60. The molecular weight excluding hydrogens is 451 g/mol. The molecule has 2 unspecified atom stereocenters. The number of likely N-dealkylation sites (tertiary alicyclic amines) is 1. The highest BCUT2D eigenvalue weighted by molar-refractivity contribution is 6.30. The zero-order chi connectivity index (χ0) is 24.0. The van der Waals surface area contributed by atoms with Crippen LogP contribution in [0.15, 0.2) is 84.9 Å². The van der Waals surface area contributed by atoms with E-state index < -0.39 is 17.9 Å². The second-order valence-corrected chi connectivity index (χ2v) is 9.33. The molecule has 34 heavy (non-hydrogen) atoms. The highest BCUT2D eigenvalue weighted by Gasteiger charge is 2.37. The lowest BCUT2D eigenvalue weighted by Gasteiger charge is -2.40. The van der Waals surface area contributed by atoms with E-state index in [2.05, 4.69) is 5.32 Å². The van der Waals surface area contributed by atoms with Gasteiger partial charge in [-0.1, -0.05) is 84.4 Å². The molecule has 2 atom stereocenters. The van der Waals surface area contributed by atoms with Crippen molar-refractivity contribution in [3.63, 3.8) is 0 Å². The smallest absolute Gasteiger partial charge is 0.179 e. The number of Topliss-reactive ketones (excluding diaryl/α,β-unsaturated/α-hetero) is 1. The first kappa shape index (κ1) is 24.6. The topological polar surface area (TPSA) is 52.6 Å². The Morgan fingerprint density at radius 2 is 1.56 bits per heavy atom. The van der Waals surface area contributed by atoms with E-state index >= 15 is 4.39 Å². The number of carbonyl (C=O) groups is 1. The largest absolute Gasteiger partial charge is 0.385 e. The van der Waals surface area contributed by atoms with Crippen molar-refractivity contribution < 1.29 is 14.3 Å². The van der Waals surface area contributed by atoms with Crippen LogP contribution in [0, 0.1) is 0 Å². The number of piperidine rings is 1. The van der Waals surface area contributed by atoms with Crippen molar-refractivity contribution in [2.45, 2.75) is 43.7 Å². The van der Waals surface area contributed by atoms with Gasteiger partial charge in [-0.25, -0.2) is 4.39 Å². The Bertz CT molecular complexity index is 1050. The lowest BCUT2D eigenvalue weighted by molar-refractivity contribution is -0.0569. The zero-order valence-electron chi connectivity index (χ0n) is 19.0. The molecule has 1 heterocycles. The maximum absolute atomic E-state index is 15.5. The first-order chi connectivity index (χ1) is 16.4. The van der Waals surface area contributed by atoms with Gasteiger partial charge in [-0.3, -0.25) is 9.69 Å². The van der Waals surface area contributed by atoms with Gasteiger partial charge in [0.15, 0.2) is 12.1 Å². The van der Waals surface area contributed by atoms with Crippen molar-refractivity contribution >= 4 is 17.4 Å². The molecule has 1 aliphatic rings. The van der Waals surface area contributed by atoms with Gasteiger partial charge in [0, 0.05) is 36.6 Å². The fourth-order valence-corrected chi connectivity index (χ4v) is 4.62. The average Bonchev–Trinajstić information content (AvgIpc) is 2.88. The fraction of sp³-hybridized carbons (Fsp3) is 0.321. The number of nitrogens with one attached hydrogen (secondary N) is 1. The average molecular weight is 481 g/mol. The summed E-state index contributed by atoms with van der Waals surface area (Å²) < 4.78 is 15.5. The summed E-state index contributed by atoms with van der Waals surface area (Å²) in [5.74, 6) is -0.117. The van der Waals surface area contributed by atoms with Crippen LogP contribution in [0.1, 0.15) is 40.7 Å². The quantitative estimate of drug-likeness (QED) is 0.320. The van der Waals surface area contributed by atoms with Crippen LogP contribution in [-0.2, 0) is 12.1 Å². The van der Waals surface area contributed by atoms with Gasteiger partial charge in [0.05, 0.1) is 11.6 Å². The van der Waals surface area contributed by atoms with E-state index in [0.29, 0.717) is 43.1 Å². The van der Waals surface area contributed by atoms with Crippen LogP contribution in [0.3, 0.4) is 0 Å². The summed E-state index contributed by atoms with van der Waals surface area (Å²) in [6, 6.07) is 25.3. The summed E-state index contributed by atoms with van der Waals surface area (Å²) in [6.45, 7) is 1.30. The van der Waals surface area contributed by atoms with E-state index in [4.69, 9.17) is 11.6 Å². The van der Waals surface area contributed by atoms with Gasteiger partial charge in [0.2, 0.25) is 0 Å². The lowest BCUT2D eigenvalue weighted by Crippen LogP contribution is -2.48. The van der Waals surface area contributed by atoms with Crippen molar-refractivity contribution in [2.75, 3.05) is 13.1 Å². The maximum atomic E-state index is 15.5. The maximum Gasteiger partial charge on any atom is 0.179 e. The van der Waals surface area contributed by atoms with Crippen LogP contribution in [0.25, 0.3) is 0 Å². The van der Waals surface area contributed by atoms with Crippen LogP contribution < -0.4 is 5.32 Å². The van der Waals surface area contributed by atoms with Crippen molar-refractivity contribution in [1.82, 2.24) is 10.2 Å². The van der Waals surface area contributed by atoms with Crippen LogP contribution in [0.2, 0.25) is 5.02 Å². The number of nitrogens with zero attached hydrogens (tertiary/aromatic N) is 1. The lowest BCUT2D eigenvalue weighted by atomic mass is 9.84.